The third-order valence-electron chi connectivity index (χ3n) is 5.64. The second-order valence-electron chi connectivity index (χ2n) is 6.37. The van der Waals surface area contributed by atoms with Crippen molar-refractivity contribution < 1.29 is 14.7 Å². The third-order valence-corrected chi connectivity index (χ3v) is 5.64. The standard InChI is InChI=1S/C15H25NO3/c1-4-5-11(13(18)19)8-12(16-3)15-7-6-14(15,9-15)10(2)17/h11-12,16H,4-9H2,1-3H3,(H,18,19). The monoisotopic (exact) mass is 267 g/mol. The maximum Gasteiger partial charge on any atom is 0.306 e. The molecule has 4 atom stereocenters. The summed E-state index contributed by atoms with van der Waals surface area (Å²) in [7, 11) is 1.89. The van der Waals surface area contributed by atoms with E-state index in [2.05, 4.69) is 5.32 Å². The quantitative estimate of drug-likeness (QED) is 0.707. The predicted molar refractivity (Wildman–Crippen MR) is 72.9 cm³/mol. The first-order valence-corrected chi connectivity index (χ1v) is 7.34. The zero-order chi connectivity index (χ0) is 14.3. The molecule has 19 heavy (non-hydrogen) atoms. The summed E-state index contributed by atoms with van der Waals surface area (Å²) in [6.45, 7) is 3.71. The highest BCUT2D eigenvalue weighted by Gasteiger charge is 2.78. The summed E-state index contributed by atoms with van der Waals surface area (Å²) in [5.41, 5.74) is -0.0506. The largest absolute Gasteiger partial charge is 0.481 e. The lowest BCUT2D eigenvalue weighted by atomic mass is 9.66. The van der Waals surface area contributed by atoms with Gasteiger partial charge in [-0.15, -0.1) is 0 Å². The van der Waals surface area contributed by atoms with E-state index in [1.54, 1.807) is 6.92 Å². The molecule has 2 rings (SSSR count). The summed E-state index contributed by atoms with van der Waals surface area (Å²) < 4.78 is 0. The summed E-state index contributed by atoms with van der Waals surface area (Å²) in [6, 6.07) is 0.165. The van der Waals surface area contributed by atoms with Crippen molar-refractivity contribution in [2.24, 2.45) is 16.7 Å². The number of aliphatic carboxylic acids is 1. The fraction of sp³-hybridized carbons (Fsp3) is 0.867. The number of fused-ring (bicyclic) bond motifs is 1. The Morgan fingerprint density at radius 3 is 2.37 bits per heavy atom. The van der Waals surface area contributed by atoms with E-state index >= 15 is 0 Å². The molecule has 2 saturated carbocycles. The van der Waals surface area contributed by atoms with Gasteiger partial charge < -0.3 is 10.4 Å². The van der Waals surface area contributed by atoms with Crippen LogP contribution in [0, 0.1) is 16.7 Å². The van der Waals surface area contributed by atoms with E-state index in [9.17, 15) is 14.7 Å². The van der Waals surface area contributed by atoms with Crippen LogP contribution in [0.4, 0.5) is 0 Å². The fourth-order valence-electron chi connectivity index (χ4n) is 4.30. The molecule has 4 nitrogen and oxygen atoms in total. The molecule has 0 aliphatic heterocycles. The minimum Gasteiger partial charge on any atom is -0.481 e. The summed E-state index contributed by atoms with van der Waals surface area (Å²) in [6.07, 6.45) is 5.27. The molecule has 0 heterocycles. The van der Waals surface area contributed by atoms with E-state index in [4.69, 9.17) is 0 Å². The van der Waals surface area contributed by atoms with Gasteiger partial charge in [-0.05, 0) is 51.5 Å². The van der Waals surface area contributed by atoms with Crippen molar-refractivity contribution >= 4 is 11.8 Å². The molecule has 2 aliphatic carbocycles. The highest BCUT2D eigenvalue weighted by atomic mass is 16.4. The number of Topliss-reactive ketones (excluding diaryl/α,β-unsaturated/α-hetero) is 1. The Balaban J connectivity index is 2.06. The Bertz CT molecular complexity index is 395. The molecule has 108 valence electrons. The molecule has 0 aromatic heterocycles. The van der Waals surface area contributed by atoms with Crippen molar-refractivity contribution in [2.45, 2.75) is 58.4 Å². The molecule has 0 spiro atoms. The average molecular weight is 267 g/mol. The number of ketones is 1. The lowest BCUT2D eigenvalue weighted by Gasteiger charge is -2.40. The first-order chi connectivity index (χ1) is 8.93. The molecular formula is C15H25NO3. The second-order valence-corrected chi connectivity index (χ2v) is 6.37. The molecule has 4 unspecified atom stereocenters. The third kappa shape index (κ3) is 2.00. The highest BCUT2D eigenvalue weighted by molar-refractivity contribution is 5.88. The number of carbonyl (C=O) groups excluding carboxylic acids is 1. The van der Waals surface area contributed by atoms with Crippen LogP contribution in [0.2, 0.25) is 0 Å². The zero-order valence-electron chi connectivity index (χ0n) is 12.2. The molecule has 2 fully saturated rings. The van der Waals surface area contributed by atoms with Crippen molar-refractivity contribution in [1.29, 1.82) is 0 Å². The number of hydrogen-bond acceptors (Lipinski definition) is 3. The van der Waals surface area contributed by atoms with Crippen molar-refractivity contribution in [3.63, 3.8) is 0 Å². The van der Waals surface area contributed by atoms with E-state index in [0.29, 0.717) is 12.2 Å². The molecule has 0 bridgehead atoms. The first-order valence-electron chi connectivity index (χ1n) is 7.34. The number of nitrogens with one attached hydrogen (secondary N) is 1. The molecule has 0 saturated heterocycles. The van der Waals surface area contributed by atoms with E-state index < -0.39 is 5.97 Å². The van der Waals surface area contributed by atoms with E-state index in [1.807, 2.05) is 14.0 Å². The van der Waals surface area contributed by atoms with E-state index in [0.717, 1.165) is 32.1 Å². The zero-order valence-corrected chi connectivity index (χ0v) is 12.2. The summed E-state index contributed by atoms with van der Waals surface area (Å²) in [5.74, 6) is -0.698. The average Bonchev–Trinajstić information content (AvgIpc) is 2.83. The van der Waals surface area contributed by atoms with Gasteiger partial charge in [0.05, 0.1) is 5.92 Å². The molecule has 0 radical (unpaired) electrons. The highest BCUT2D eigenvalue weighted by Crippen LogP contribution is 2.79. The number of carboxylic acids is 1. The van der Waals surface area contributed by atoms with E-state index in [1.165, 1.54) is 0 Å². The van der Waals surface area contributed by atoms with Crippen LogP contribution in [0.25, 0.3) is 0 Å². The van der Waals surface area contributed by atoms with Gasteiger partial charge in [0, 0.05) is 11.5 Å². The first kappa shape index (κ1) is 14.5. The smallest absolute Gasteiger partial charge is 0.306 e. The minimum atomic E-state index is -0.702. The molecule has 2 aliphatic rings. The van der Waals surface area contributed by atoms with Gasteiger partial charge in [-0.3, -0.25) is 9.59 Å². The van der Waals surface area contributed by atoms with Gasteiger partial charge in [0.25, 0.3) is 0 Å². The van der Waals surface area contributed by atoms with Crippen LogP contribution < -0.4 is 5.32 Å². The Morgan fingerprint density at radius 1 is 1.37 bits per heavy atom. The van der Waals surface area contributed by atoms with Crippen molar-refractivity contribution in [1.82, 2.24) is 5.32 Å². The van der Waals surface area contributed by atoms with E-state index in [-0.39, 0.29) is 22.8 Å². The lowest BCUT2D eigenvalue weighted by Crippen LogP contribution is -2.47. The maximum atomic E-state index is 11.8. The lowest BCUT2D eigenvalue weighted by molar-refractivity contribution is -0.142. The van der Waals surface area contributed by atoms with Crippen LogP contribution in [-0.4, -0.2) is 29.9 Å². The summed E-state index contributed by atoms with van der Waals surface area (Å²) in [5, 5.41) is 12.6. The fourth-order valence-corrected chi connectivity index (χ4v) is 4.30. The molecule has 0 amide bonds. The molecule has 4 heteroatoms. The van der Waals surface area contributed by atoms with Crippen molar-refractivity contribution in [3.8, 4) is 0 Å². The summed E-state index contributed by atoms with van der Waals surface area (Å²) >= 11 is 0. The second kappa shape index (κ2) is 4.89. The van der Waals surface area contributed by atoms with Gasteiger partial charge in [-0.2, -0.15) is 0 Å². The van der Waals surface area contributed by atoms with Crippen molar-refractivity contribution in [3.05, 3.63) is 0 Å². The predicted octanol–water partition coefficient (Wildman–Crippen LogP) is 2.22. The Morgan fingerprint density at radius 2 is 2.05 bits per heavy atom. The molecule has 0 aromatic carbocycles. The minimum absolute atomic E-state index is 0.0645. The van der Waals surface area contributed by atoms with Crippen LogP contribution in [0.3, 0.4) is 0 Å². The van der Waals surface area contributed by atoms with Crippen LogP contribution in [0.5, 0.6) is 0 Å². The number of hydrogen-bond donors (Lipinski definition) is 2. The van der Waals surface area contributed by atoms with Gasteiger partial charge >= 0.3 is 5.97 Å². The Labute approximate surface area is 115 Å². The Kier molecular flexibility index (Phi) is 3.74. The van der Waals surface area contributed by atoms with Gasteiger partial charge in [0.2, 0.25) is 0 Å². The number of carbonyl (C=O) groups is 2. The van der Waals surface area contributed by atoms with Gasteiger partial charge in [-0.1, -0.05) is 13.3 Å². The molecule has 0 aromatic rings. The van der Waals surface area contributed by atoms with Gasteiger partial charge in [0.15, 0.2) is 0 Å². The maximum absolute atomic E-state index is 11.8. The van der Waals surface area contributed by atoms with Crippen LogP contribution in [-0.2, 0) is 9.59 Å². The molecular weight excluding hydrogens is 242 g/mol. The SMILES string of the molecule is CCCC(CC(NC)C12CCC1(C(C)=O)C2)C(=O)O. The van der Waals surface area contributed by atoms with Gasteiger partial charge in [0.1, 0.15) is 5.78 Å². The number of carboxylic acid groups (broad SMARTS) is 1. The Hall–Kier alpha value is -0.900. The molecule has 2 N–H and O–H groups in total. The normalized spacial score (nSPS) is 34.9. The van der Waals surface area contributed by atoms with Gasteiger partial charge in [-0.25, -0.2) is 0 Å². The summed E-state index contributed by atoms with van der Waals surface area (Å²) in [4.78, 5) is 23.1. The van der Waals surface area contributed by atoms with Crippen LogP contribution >= 0.6 is 0 Å². The number of rotatable bonds is 8. The van der Waals surface area contributed by atoms with Crippen LogP contribution in [0.1, 0.15) is 52.4 Å². The van der Waals surface area contributed by atoms with Crippen molar-refractivity contribution in [2.75, 3.05) is 7.05 Å². The topological polar surface area (TPSA) is 66.4 Å². The van der Waals surface area contributed by atoms with Crippen LogP contribution in [0.15, 0.2) is 0 Å².